The van der Waals surface area contributed by atoms with Gasteiger partial charge in [0.15, 0.2) is 11.6 Å². The molecule has 8 nitrogen and oxygen atoms in total. The zero-order valence-corrected chi connectivity index (χ0v) is 18.0. The zero-order valence-electron chi connectivity index (χ0n) is 18.0. The number of hydrogen-bond donors (Lipinski definition) is 0. The smallest absolute Gasteiger partial charge is 0.187 e. The highest BCUT2D eigenvalue weighted by atomic mass is 16.5. The van der Waals surface area contributed by atoms with Crippen molar-refractivity contribution in [3.05, 3.63) is 48.1 Å². The van der Waals surface area contributed by atoms with Crippen molar-refractivity contribution in [2.75, 3.05) is 20.7 Å². The molecule has 1 aliphatic rings. The van der Waals surface area contributed by atoms with Gasteiger partial charge in [0.1, 0.15) is 29.7 Å². The summed E-state index contributed by atoms with van der Waals surface area (Å²) in [5, 5.41) is 4.50. The molecule has 0 saturated carbocycles. The summed E-state index contributed by atoms with van der Waals surface area (Å²) in [5.41, 5.74) is 2.22. The minimum absolute atomic E-state index is 0.0658. The number of imidazole rings is 1. The van der Waals surface area contributed by atoms with Crippen molar-refractivity contribution in [2.45, 2.75) is 33.4 Å². The van der Waals surface area contributed by atoms with Crippen molar-refractivity contribution >= 4 is 5.78 Å². The van der Waals surface area contributed by atoms with Gasteiger partial charge in [0.2, 0.25) is 0 Å². The van der Waals surface area contributed by atoms with E-state index in [-0.39, 0.29) is 11.8 Å². The molecular weight excluding hydrogens is 380 g/mol. The molecule has 30 heavy (non-hydrogen) atoms. The monoisotopic (exact) mass is 406 g/mol. The van der Waals surface area contributed by atoms with Gasteiger partial charge in [-0.25, -0.2) is 14.6 Å². The van der Waals surface area contributed by atoms with Crippen LogP contribution in [0.2, 0.25) is 0 Å². The normalized spacial score (nSPS) is 13.1. The lowest BCUT2D eigenvalue weighted by molar-refractivity contribution is 0.104. The number of hydrogen-bond acceptors (Lipinski definition) is 6. The maximum absolute atomic E-state index is 12.5. The highest BCUT2D eigenvalue weighted by molar-refractivity contribution is 6.05. The summed E-state index contributed by atoms with van der Waals surface area (Å²) < 4.78 is 9.91. The van der Waals surface area contributed by atoms with Crippen molar-refractivity contribution in [1.29, 1.82) is 0 Å². The van der Waals surface area contributed by atoms with Gasteiger partial charge >= 0.3 is 0 Å². The van der Waals surface area contributed by atoms with Gasteiger partial charge in [-0.15, -0.1) is 0 Å². The SMILES string of the molecule is Cc1nc(-c2cn3c(n2)-c2ccc(C(=O)C=CN(C)C)cc2OCC3)n(C(C)C)n1. The molecule has 0 N–H and O–H groups in total. The third-order valence-corrected chi connectivity index (χ3v) is 4.85. The molecule has 1 aromatic carbocycles. The number of carbonyl (C=O) groups excluding carboxylic acids is 1. The number of ether oxygens (including phenoxy) is 1. The van der Waals surface area contributed by atoms with E-state index in [1.165, 1.54) is 0 Å². The second-order valence-corrected chi connectivity index (χ2v) is 7.87. The molecule has 156 valence electrons. The van der Waals surface area contributed by atoms with E-state index in [0.717, 1.165) is 28.7 Å². The summed E-state index contributed by atoms with van der Waals surface area (Å²) in [6.45, 7) is 7.19. The lowest BCUT2D eigenvalue weighted by Crippen LogP contribution is -2.06. The molecule has 0 radical (unpaired) electrons. The van der Waals surface area contributed by atoms with Gasteiger partial charge in [0, 0.05) is 44.2 Å². The minimum atomic E-state index is -0.0658. The Kier molecular flexibility index (Phi) is 5.15. The topological polar surface area (TPSA) is 78.1 Å². The van der Waals surface area contributed by atoms with Crippen LogP contribution in [0, 0.1) is 6.92 Å². The second kappa shape index (κ2) is 7.78. The Morgan fingerprint density at radius 2 is 2.03 bits per heavy atom. The van der Waals surface area contributed by atoms with Crippen molar-refractivity contribution < 1.29 is 9.53 Å². The predicted molar refractivity (Wildman–Crippen MR) is 114 cm³/mol. The summed E-state index contributed by atoms with van der Waals surface area (Å²) in [7, 11) is 3.76. The van der Waals surface area contributed by atoms with Crippen LogP contribution in [-0.4, -0.2) is 55.7 Å². The molecule has 3 heterocycles. The van der Waals surface area contributed by atoms with E-state index < -0.39 is 0 Å². The lowest BCUT2D eigenvalue weighted by atomic mass is 10.1. The summed E-state index contributed by atoms with van der Waals surface area (Å²) in [4.78, 5) is 23.7. The van der Waals surface area contributed by atoms with E-state index in [4.69, 9.17) is 9.72 Å². The van der Waals surface area contributed by atoms with E-state index in [9.17, 15) is 4.79 Å². The van der Waals surface area contributed by atoms with Crippen LogP contribution in [0.3, 0.4) is 0 Å². The van der Waals surface area contributed by atoms with Crippen LogP contribution in [-0.2, 0) is 6.54 Å². The maximum Gasteiger partial charge on any atom is 0.187 e. The van der Waals surface area contributed by atoms with E-state index in [2.05, 4.69) is 28.5 Å². The largest absolute Gasteiger partial charge is 0.491 e. The van der Waals surface area contributed by atoms with Crippen LogP contribution < -0.4 is 4.74 Å². The molecule has 0 saturated heterocycles. The number of ketones is 1. The van der Waals surface area contributed by atoms with Gasteiger partial charge in [-0.3, -0.25) is 4.79 Å². The molecule has 1 aliphatic heterocycles. The van der Waals surface area contributed by atoms with Gasteiger partial charge in [-0.05, 0) is 32.9 Å². The van der Waals surface area contributed by atoms with Gasteiger partial charge in [0.05, 0.1) is 12.1 Å². The van der Waals surface area contributed by atoms with Crippen LogP contribution in [0.5, 0.6) is 5.75 Å². The van der Waals surface area contributed by atoms with E-state index in [0.29, 0.717) is 24.5 Å². The fraction of sp³-hybridized carbons (Fsp3) is 0.364. The molecule has 3 aromatic rings. The zero-order chi connectivity index (χ0) is 21.4. The number of nitrogens with zero attached hydrogens (tertiary/aromatic N) is 6. The van der Waals surface area contributed by atoms with Crippen LogP contribution in [0.25, 0.3) is 22.9 Å². The standard InChI is InChI=1S/C22H26N6O2/c1-14(2)28-22(23-15(3)25-28)18-13-27-10-11-30-20-12-16(19(29)8-9-26(4)5)6-7-17(20)21(27)24-18/h6-9,12-14H,10-11H2,1-5H3. The fourth-order valence-corrected chi connectivity index (χ4v) is 3.42. The van der Waals surface area contributed by atoms with Crippen LogP contribution in [0.15, 0.2) is 36.7 Å². The molecule has 8 heteroatoms. The van der Waals surface area contributed by atoms with Gasteiger partial charge in [-0.2, -0.15) is 5.10 Å². The first-order valence-corrected chi connectivity index (χ1v) is 10.0. The average Bonchev–Trinajstić information content (AvgIpc) is 3.25. The third-order valence-electron chi connectivity index (χ3n) is 4.85. The van der Waals surface area contributed by atoms with E-state index in [1.54, 1.807) is 18.3 Å². The number of benzene rings is 1. The predicted octanol–water partition coefficient (Wildman–Crippen LogP) is 3.35. The highest BCUT2D eigenvalue weighted by Gasteiger charge is 2.23. The fourth-order valence-electron chi connectivity index (χ4n) is 3.42. The first-order chi connectivity index (χ1) is 14.3. The molecule has 0 fully saturated rings. The summed E-state index contributed by atoms with van der Waals surface area (Å²) in [6, 6.07) is 5.69. The number of rotatable bonds is 5. The highest BCUT2D eigenvalue weighted by Crippen LogP contribution is 2.34. The Bertz CT molecular complexity index is 1120. The van der Waals surface area contributed by atoms with Gasteiger partial charge in [0.25, 0.3) is 0 Å². The number of fused-ring (bicyclic) bond motifs is 3. The van der Waals surface area contributed by atoms with Crippen molar-refractivity contribution in [2.24, 2.45) is 0 Å². The molecule has 0 bridgehead atoms. The molecule has 0 unspecified atom stereocenters. The van der Waals surface area contributed by atoms with E-state index in [1.807, 2.05) is 48.9 Å². The first kappa shape index (κ1) is 19.9. The number of allylic oxidation sites excluding steroid dienone is 1. The summed E-state index contributed by atoms with van der Waals surface area (Å²) in [5.74, 6) is 2.88. The minimum Gasteiger partial charge on any atom is -0.491 e. The third kappa shape index (κ3) is 3.72. The Hall–Kier alpha value is -3.42. The number of aryl methyl sites for hydroxylation is 1. The average molecular weight is 406 g/mol. The molecule has 4 rings (SSSR count). The van der Waals surface area contributed by atoms with Gasteiger partial charge < -0.3 is 14.2 Å². The Balaban J connectivity index is 1.74. The number of aromatic nitrogens is 5. The second-order valence-electron chi connectivity index (χ2n) is 7.87. The first-order valence-electron chi connectivity index (χ1n) is 10.0. The van der Waals surface area contributed by atoms with Crippen molar-refractivity contribution in [3.63, 3.8) is 0 Å². The Labute approximate surface area is 175 Å². The quantitative estimate of drug-likeness (QED) is 0.478. The molecule has 0 spiro atoms. The van der Waals surface area contributed by atoms with Crippen LogP contribution in [0.1, 0.15) is 36.1 Å². The Morgan fingerprint density at radius 1 is 1.23 bits per heavy atom. The van der Waals surface area contributed by atoms with Crippen LogP contribution in [0.4, 0.5) is 0 Å². The number of carbonyl (C=O) groups is 1. The molecule has 0 amide bonds. The van der Waals surface area contributed by atoms with Gasteiger partial charge in [-0.1, -0.05) is 6.07 Å². The van der Waals surface area contributed by atoms with Crippen molar-refractivity contribution in [3.8, 4) is 28.7 Å². The summed E-state index contributed by atoms with van der Waals surface area (Å²) in [6.07, 6.45) is 5.29. The lowest BCUT2D eigenvalue weighted by Gasteiger charge is -2.09. The molecule has 2 aromatic heterocycles. The molecular formula is C22H26N6O2. The molecule has 0 atom stereocenters. The molecule has 0 aliphatic carbocycles. The van der Waals surface area contributed by atoms with Crippen molar-refractivity contribution in [1.82, 2.24) is 29.2 Å². The summed E-state index contributed by atoms with van der Waals surface area (Å²) >= 11 is 0. The maximum atomic E-state index is 12.5. The Morgan fingerprint density at radius 3 is 2.77 bits per heavy atom. The van der Waals surface area contributed by atoms with Crippen LogP contribution >= 0.6 is 0 Å². The van der Waals surface area contributed by atoms with E-state index >= 15 is 0 Å².